The molecule has 0 saturated heterocycles. The van der Waals surface area contributed by atoms with Gasteiger partial charge in [-0.25, -0.2) is 15.0 Å². The van der Waals surface area contributed by atoms with E-state index in [0.717, 1.165) is 93.9 Å². The van der Waals surface area contributed by atoms with Crippen molar-refractivity contribution in [3.8, 4) is 67.5 Å². The van der Waals surface area contributed by atoms with Crippen LogP contribution in [0.4, 0.5) is 0 Å². The highest BCUT2D eigenvalue weighted by atomic mass is 16.3. The zero-order chi connectivity index (χ0) is 37.0. The number of rotatable bonds is 6. The Hall–Kier alpha value is -7.70. The monoisotopic (exact) mass is 718 g/mol. The van der Waals surface area contributed by atoms with E-state index in [4.69, 9.17) is 23.8 Å². The van der Waals surface area contributed by atoms with Gasteiger partial charge in [-0.3, -0.25) is 4.98 Å². The maximum absolute atomic E-state index is 6.47. The quantitative estimate of drug-likeness (QED) is 0.170. The Morgan fingerprint density at radius 1 is 0.304 bits per heavy atom. The van der Waals surface area contributed by atoms with Crippen molar-refractivity contribution in [3.05, 3.63) is 182 Å². The second-order valence-electron chi connectivity index (χ2n) is 13.9. The third-order valence-electron chi connectivity index (χ3n) is 10.4. The fraction of sp³-hybridized carbons (Fsp3) is 0. The molecule has 11 rings (SSSR count). The van der Waals surface area contributed by atoms with E-state index in [-0.39, 0.29) is 0 Å². The highest BCUT2D eigenvalue weighted by Crippen LogP contribution is 2.39. The molecule has 7 aromatic carbocycles. The second kappa shape index (κ2) is 13.0. The normalized spacial score (nSPS) is 11.6. The number of furan rings is 2. The van der Waals surface area contributed by atoms with Crippen molar-refractivity contribution in [1.29, 1.82) is 0 Å². The summed E-state index contributed by atoms with van der Waals surface area (Å²) in [5, 5.41) is 4.22. The van der Waals surface area contributed by atoms with Gasteiger partial charge in [0.05, 0.1) is 5.56 Å². The first-order valence-electron chi connectivity index (χ1n) is 18.5. The molecule has 4 aromatic heterocycles. The van der Waals surface area contributed by atoms with Crippen molar-refractivity contribution in [2.24, 2.45) is 0 Å². The Morgan fingerprint density at radius 2 is 0.839 bits per heavy atom. The van der Waals surface area contributed by atoms with Crippen LogP contribution in [-0.2, 0) is 0 Å². The first-order valence-corrected chi connectivity index (χ1v) is 18.5. The van der Waals surface area contributed by atoms with Gasteiger partial charge in [0, 0.05) is 45.1 Å². The van der Waals surface area contributed by atoms with Crippen molar-refractivity contribution >= 4 is 43.9 Å². The smallest absolute Gasteiger partial charge is 0.167 e. The fourth-order valence-corrected chi connectivity index (χ4v) is 7.66. The lowest BCUT2D eigenvalue weighted by atomic mass is 9.94. The average Bonchev–Trinajstić information content (AvgIpc) is 3.85. The average molecular weight is 719 g/mol. The molecule has 0 N–H and O–H groups in total. The zero-order valence-corrected chi connectivity index (χ0v) is 29.9. The van der Waals surface area contributed by atoms with Gasteiger partial charge in [0.2, 0.25) is 0 Å². The lowest BCUT2D eigenvalue weighted by Gasteiger charge is -2.13. The summed E-state index contributed by atoms with van der Waals surface area (Å²) in [5.74, 6) is 1.69. The van der Waals surface area contributed by atoms with E-state index < -0.39 is 0 Å². The maximum Gasteiger partial charge on any atom is 0.167 e. The number of aromatic nitrogens is 4. The molecule has 0 atom stereocenters. The van der Waals surface area contributed by atoms with Crippen LogP contribution in [0.3, 0.4) is 0 Å². The van der Waals surface area contributed by atoms with Crippen molar-refractivity contribution in [2.75, 3.05) is 0 Å². The van der Waals surface area contributed by atoms with Crippen LogP contribution in [0.5, 0.6) is 0 Å². The lowest BCUT2D eigenvalue weighted by molar-refractivity contribution is 0.669. The molecule has 0 spiro atoms. The van der Waals surface area contributed by atoms with Gasteiger partial charge in [0.1, 0.15) is 22.3 Å². The number of pyridine rings is 1. The number of para-hydroxylation sites is 3. The minimum Gasteiger partial charge on any atom is -0.456 e. The molecule has 0 fully saturated rings. The Kier molecular flexibility index (Phi) is 7.38. The summed E-state index contributed by atoms with van der Waals surface area (Å²) in [5.41, 5.74) is 12.3. The molecule has 11 aromatic rings. The van der Waals surface area contributed by atoms with E-state index in [1.54, 1.807) is 0 Å². The van der Waals surface area contributed by atoms with Crippen LogP contribution in [0.2, 0.25) is 0 Å². The van der Waals surface area contributed by atoms with Crippen LogP contribution in [0, 0.1) is 0 Å². The Balaban J connectivity index is 1.13. The summed E-state index contributed by atoms with van der Waals surface area (Å²) >= 11 is 0. The SMILES string of the molecule is c1ccc(-c2nc(-c3cc(-c4ccc(-c5ccncc5)cc4)cc(-c4ccc5oc6ccccc6c5c4)c3)nc(-c3cccc4c3oc3ccccc34)n2)cc1. The number of fused-ring (bicyclic) bond motifs is 6. The predicted octanol–water partition coefficient (Wildman–Crippen LogP) is 13.1. The minimum absolute atomic E-state index is 0.540. The van der Waals surface area contributed by atoms with Crippen molar-refractivity contribution in [3.63, 3.8) is 0 Å². The van der Waals surface area contributed by atoms with Crippen LogP contribution >= 0.6 is 0 Å². The molecule has 6 nitrogen and oxygen atoms in total. The largest absolute Gasteiger partial charge is 0.456 e. The van der Waals surface area contributed by atoms with Gasteiger partial charge in [-0.05, 0) is 94.0 Å². The summed E-state index contributed by atoms with van der Waals surface area (Å²) in [7, 11) is 0. The Labute approximate surface area is 321 Å². The number of hydrogen-bond acceptors (Lipinski definition) is 6. The van der Waals surface area contributed by atoms with Gasteiger partial charge in [-0.2, -0.15) is 0 Å². The summed E-state index contributed by atoms with van der Waals surface area (Å²) in [6.07, 6.45) is 3.64. The molecule has 0 saturated carbocycles. The predicted molar refractivity (Wildman–Crippen MR) is 225 cm³/mol. The molecule has 0 aliphatic heterocycles. The minimum atomic E-state index is 0.540. The molecule has 56 heavy (non-hydrogen) atoms. The van der Waals surface area contributed by atoms with E-state index in [1.807, 2.05) is 103 Å². The topological polar surface area (TPSA) is 77.8 Å². The number of hydrogen-bond donors (Lipinski definition) is 0. The summed E-state index contributed by atoms with van der Waals surface area (Å²) in [6, 6.07) is 58.2. The fourth-order valence-electron chi connectivity index (χ4n) is 7.66. The molecule has 0 radical (unpaired) electrons. The molecule has 0 bridgehead atoms. The van der Waals surface area contributed by atoms with Crippen LogP contribution in [0.25, 0.3) is 111 Å². The van der Waals surface area contributed by atoms with Crippen LogP contribution < -0.4 is 0 Å². The van der Waals surface area contributed by atoms with Gasteiger partial charge >= 0.3 is 0 Å². The number of benzene rings is 7. The molecule has 0 unspecified atom stereocenters. The Bertz CT molecular complexity index is 3240. The van der Waals surface area contributed by atoms with E-state index >= 15 is 0 Å². The van der Waals surface area contributed by atoms with E-state index in [1.165, 1.54) is 0 Å². The highest BCUT2D eigenvalue weighted by molar-refractivity contribution is 6.09. The van der Waals surface area contributed by atoms with E-state index in [9.17, 15) is 0 Å². The van der Waals surface area contributed by atoms with Gasteiger partial charge < -0.3 is 8.83 Å². The van der Waals surface area contributed by atoms with Gasteiger partial charge in [-0.1, -0.05) is 109 Å². The molecule has 0 aliphatic carbocycles. The number of nitrogens with zero attached hydrogens (tertiary/aromatic N) is 4. The molecular formula is C50H30N4O2. The second-order valence-corrected chi connectivity index (χ2v) is 13.9. The van der Waals surface area contributed by atoms with Crippen molar-refractivity contribution < 1.29 is 8.83 Å². The van der Waals surface area contributed by atoms with Gasteiger partial charge in [-0.15, -0.1) is 0 Å². The van der Waals surface area contributed by atoms with E-state index in [0.29, 0.717) is 17.5 Å². The van der Waals surface area contributed by atoms with Crippen LogP contribution in [0.1, 0.15) is 0 Å². The van der Waals surface area contributed by atoms with Gasteiger partial charge in [0.15, 0.2) is 17.5 Å². The lowest BCUT2D eigenvalue weighted by Crippen LogP contribution is -2.01. The highest BCUT2D eigenvalue weighted by Gasteiger charge is 2.19. The summed E-state index contributed by atoms with van der Waals surface area (Å²) < 4.78 is 12.7. The summed E-state index contributed by atoms with van der Waals surface area (Å²) in [4.78, 5) is 19.6. The first kappa shape index (κ1) is 31.8. The molecule has 0 amide bonds. The first-order chi connectivity index (χ1) is 27.7. The molecule has 4 heterocycles. The summed E-state index contributed by atoms with van der Waals surface area (Å²) in [6.45, 7) is 0. The van der Waals surface area contributed by atoms with E-state index in [2.05, 4.69) is 83.8 Å². The van der Waals surface area contributed by atoms with Crippen LogP contribution in [-0.4, -0.2) is 19.9 Å². The maximum atomic E-state index is 6.47. The van der Waals surface area contributed by atoms with Gasteiger partial charge in [0.25, 0.3) is 0 Å². The third-order valence-corrected chi connectivity index (χ3v) is 10.4. The van der Waals surface area contributed by atoms with Crippen molar-refractivity contribution in [1.82, 2.24) is 19.9 Å². The van der Waals surface area contributed by atoms with Crippen LogP contribution in [0.15, 0.2) is 191 Å². The Morgan fingerprint density at radius 3 is 1.61 bits per heavy atom. The van der Waals surface area contributed by atoms with Crippen molar-refractivity contribution in [2.45, 2.75) is 0 Å². The molecule has 6 heteroatoms. The third kappa shape index (κ3) is 5.51. The molecule has 0 aliphatic rings. The molecular weight excluding hydrogens is 689 g/mol. The molecule has 262 valence electrons. The standard InChI is InChI=1S/C50H30N4O2/c1-2-9-34(10-3-1)48-52-49(54-50(53-48)42-14-8-13-41-39-11-4-7-16-45(39)56-47(41)42)38-28-36(32-19-17-31(18-20-32)33-23-25-51-26-24-33)27-37(29-38)35-21-22-46-43(30-35)40-12-5-6-15-44(40)55-46/h1-30H. The zero-order valence-electron chi connectivity index (χ0n) is 29.9.